The van der Waals surface area contributed by atoms with Crippen LogP contribution in [0.2, 0.25) is 0 Å². The van der Waals surface area contributed by atoms with Crippen LogP contribution in [-0.4, -0.2) is 6.54 Å². The van der Waals surface area contributed by atoms with Gasteiger partial charge in [-0.2, -0.15) is 0 Å². The molecule has 0 fully saturated rings. The lowest BCUT2D eigenvalue weighted by atomic mass is 10.1. The van der Waals surface area contributed by atoms with Crippen LogP contribution in [0.1, 0.15) is 17.5 Å². The summed E-state index contributed by atoms with van der Waals surface area (Å²) in [5, 5.41) is 0. The smallest absolute Gasteiger partial charge is 0.120 e. The molecule has 0 aromatic heterocycles. The van der Waals surface area contributed by atoms with Gasteiger partial charge in [-0.25, -0.2) is 0 Å². The molecule has 0 unspecified atom stereocenters. The van der Waals surface area contributed by atoms with Crippen molar-refractivity contribution in [1.82, 2.24) is 0 Å². The van der Waals surface area contributed by atoms with Crippen LogP contribution in [-0.2, 0) is 13.0 Å². The Balaban J connectivity index is 1.93. The lowest BCUT2D eigenvalue weighted by Gasteiger charge is -2.08. The third kappa shape index (κ3) is 4.84. The summed E-state index contributed by atoms with van der Waals surface area (Å²) in [4.78, 5) is 0. The van der Waals surface area contributed by atoms with Gasteiger partial charge in [0.05, 0.1) is 0 Å². The maximum Gasteiger partial charge on any atom is 0.120 e. The summed E-state index contributed by atoms with van der Waals surface area (Å²) in [7, 11) is 0. The van der Waals surface area contributed by atoms with Crippen LogP contribution in [0.3, 0.4) is 0 Å². The Morgan fingerprint density at radius 1 is 1.00 bits per heavy atom. The quantitative estimate of drug-likeness (QED) is 0.790. The highest BCUT2D eigenvalue weighted by molar-refractivity contribution is 14.1. The number of benzene rings is 2. The molecule has 19 heavy (non-hydrogen) atoms. The van der Waals surface area contributed by atoms with E-state index in [-0.39, 0.29) is 0 Å². The van der Waals surface area contributed by atoms with E-state index in [1.165, 1.54) is 14.7 Å². The molecule has 0 radical (unpaired) electrons. The second-order valence-corrected chi connectivity index (χ2v) is 5.70. The maximum atomic E-state index is 5.82. The van der Waals surface area contributed by atoms with Gasteiger partial charge in [0.15, 0.2) is 0 Å². The van der Waals surface area contributed by atoms with E-state index >= 15 is 0 Å². The first-order valence-corrected chi connectivity index (χ1v) is 7.52. The zero-order valence-corrected chi connectivity index (χ0v) is 13.0. The first-order chi connectivity index (χ1) is 9.28. The third-order valence-electron chi connectivity index (χ3n) is 2.89. The number of ether oxygens (including phenoxy) is 1. The number of hydrogen-bond donors (Lipinski definition) is 1. The summed E-state index contributed by atoms with van der Waals surface area (Å²) in [6, 6.07) is 16.6. The molecule has 100 valence electrons. The summed E-state index contributed by atoms with van der Waals surface area (Å²) in [5.41, 5.74) is 8.00. The van der Waals surface area contributed by atoms with E-state index in [2.05, 4.69) is 59.0 Å². The molecule has 0 saturated heterocycles. The Morgan fingerprint density at radius 2 is 1.79 bits per heavy atom. The summed E-state index contributed by atoms with van der Waals surface area (Å²) in [6.45, 7) is 1.34. The van der Waals surface area contributed by atoms with Crippen molar-refractivity contribution >= 4 is 22.6 Å². The SMILES string of the molecule is NCCCc1cccc(OCc2ccc(I)cc2)c1. The first kappa shape index (κ1) is 14.3. The molecule has 2 rings (SSSR count). The summed E-state index contributed by atoms with van der Waals surface area (Å²) < 4.78 is 7.06. The highest BCUT2D eigenvalue weighted by atomic mass is 127. The molecular formula is C16H18INO. The Kier molecular flexibility index (Phi) is 5.66. The molecule has 3 heteroatoms. The third-order valence-corrected chi connectivity index (χ3v) is 3.61. The zero-order chi connectivity index (χ0) is 13.5. The fourth-order valence-corrected chi connectivity index (χ4v) is 2.20. The van der Waals surface area contributed by atoms with Crippen molar-refractivity contribution in [3.8, 4) is 5.75 Å². The van der Waals surface area contributed by atoms with Gasteiger partial charge in [-0.05, 0) is 77.4 Å². The molecule has 0 aliphatic heterocycles. The van der Waals surface area contributed by atoms with Gasteiger partial charge in [0, 0.05) is 3.57 Å². The fraction of sp³-hybridized carbons (Fsp3) is 0.250. The maximum absolute atomic E-state index is 5.82. The minimum atomic E-state index is 0.608. The van der Waals surface area contributed by atoms with Crippen LogP contribution < -0.4 is 10.5 Å². The first-order valence-electron chi connectivity index (χ1n) is 6.44. The summed E-state index contributed by atoms with van der Waals surface area (Å²) >= 11 is 2.30. The molecule has 0 bridgehead atoms. The predicted octanol–water partition coefficient (Wildman–Crippen LogP) is 3.76. The second-order valence-electron chi connectivity index (χ2n) is 4.45. The Morgan fingerprint density at radius 3 is 2.53 bits per heavy atom. The topological polar surface area (TPSA) is 35.2 Å². The van der Waals surface area contributed by atoms with Crippen molar-refractivity contribution in [1.29, 1.82) is 0 Å². The van der Waals surface area contributed by atoms with Gasteiger partial charge >= 0.3 is 0 Å². The fourth-order valence-electron chi connectivity index (χ4n) is 1.84. The van der Waals surface area contributed by atoms with Crippen LogP contribution in [0.25, 0.3) is 0 Å². The van der Waals surface area contributed by atoms with Crippen LogP contribution in [0.15, 0.2) is 48.5 Å². The minimum absolute atomic E-state index is 0.608. The molecule has 0 amide bonds. The highest BCUT2D eigenvalue weighted by Crippen LogP contribution is 2.16. The minimum Gasteiger partial charge on any atom is -0.489 e. The van der Waals surface area contributed by atoms with E-state index in [4.69, 9.17) is 10.5 Å². The lowest BCUT2D eigenvalue weighted by Crippen LogP contribution is -2.00. The largest absolute Gasteiger partial charge is 0.489 e. The van der Waals surface area contributed by atoms with Crippen LogP contribution in [0.4, 0.5) is 0 Å². The molecule has 0 atom stereocenters. The molecule has 0 aliphatic rings. The van der Waals surface area contributed by atoms with Crippen molar-refractivity contribution < 1.29 is 4.74 Å². The molecule has 2 aromatic carbocycles. The average molecular weight is 367 g/mol. The van der Waals surface area contributed by atoms with Gasteiger partial charge in [0.1, 0.15) is 12.4 Å². The molecular weight excluding hydrogens is 349 g/mol. The molecule has 0 aliphatic carbocycles. The number of hydrogen-bond acceptors (Lipinski definition) is 2. The Labute approximate surface area is 128 Å². The van der Waals surface area contributed by atoms with Crippen molar-refractivity contribution in [3.05, 3.63) is 63.2 Å². The van der Waals surface area contributed by atoms with E-state index in [0.29, 0.717) is 6.61 Å². The molecule has 2 N–H and O–H groups in total. The van der Waals surface area contributed by atoms with Gasteiger partial charge in [0.2, 0.25) is 0 Å². The Bertz CT molecular complexity index is 510. The van der Waals surface area contributed by atoms with Crippen LogP contribution >= 0.6 is 22.6 Å². The van der Waals surface area contributed by atoms with Crippen LogP contribution in [0, 0.1) is 3.57 Å². The van der Waals surface area contributed by atoms with Crippen molar-refractivity contribution in [2.24, 2.45) is 5.73 Å². The van der Waals surface area contributed by atoms with Gasteiger partial charge < -0.3 is 10.5 Å². The van der Waals surface area contributed by atoms with E-state index in [0.717, 1.165) is 25.1 Å². The predicted molar refractivity (Wildman–Crippen MR) is 87.3 cm³/mol. The van der Waals surface area contributed by atoms with Crippen molar-refractivity contribution in [3.63, 3.8) is 0 Å². The van der Waals surface area contributed by atoms with Gasteiger partial charge in [-0.1, -0.05) is 24.3 Å². The van der Waals surface area contributed by atoms with E-state index < -0.39 is 0 Å². The van der Waals surface area contributed by atoms with Crippen molar-refractivity contribution in [2.75, 3.05) is 6.54 Å². The molecule has 0 spiro atoms. The number of halogens is 1. The standard InChI is InChI=1S/C16H18INO/c17-15-8-6-14(7-9-15)12-19-16-5-1-3-13(11-16)4-2-10-18/h1,3,5-9,11H,2,4,10,12,18H2. The molecule has 0 heterocycles. The molecule has 2 aromatic rings. The molecule has 2 nitrogen and oxygen atoms in total. The van der Waals surface area contributed by atoms with Gasteiger partial charge in [0.25, 0.3) is 0 Å². The van der Waals surface area contributed by atoms with Gasteiger partial charge in [-0.3, -0.25) is 0 Å². The normalized spacial score (nSPS) is 10.4. The number of nitrogens with two attached hydrogens (primary N) is 1. The average Bonchev–Trinajstić information content (AvgIpc) is 2.45. The van der Waals surface area contributed by atoms with Crippen LogP contribution in [0.5, 0.6) is 5.75 Å². The Hall–Kier alpha value is -1.07. The van der Waals surface area contributed by atoms with E-state index in [1.54, 1.807) is 0 Å². The van der Waals surface area contributed by atoms with E-state index in [9.17, 15) is 0 Å². The number of rotatable bonds is 6. The lowest BCUT2D eigenvalue weighted by molar-refractivity contribution is 0.306. The molecule has 0 saturated carbocycles. The van der Waals surface area contributed by atoms with Crippen molar-refractivity contribution in [2.45, 2.75) is 19.4 Å². The summed E-state index contributed by atoms with van der Waals surface area (Å²) in [5.74, 6) is 0.924. The summed E-state index contributed by atoms with van der Waals surface area (Å²) in [6.07, 6.45) is 2.03. The number of aryl methyl sites for hydroxylation is 1. The van der Waals surface area contributed by atoms with E-state index in [1.807, 2.05) is 12.1 Å². The second kappa shape index (κ2) is 7.50. The zero-order valence-electron chi connectivity index (χ0n) is 10.8. The monoisotopic (exact) mass is 367 g/mol. The highest BCUT2D eigenvalue weighted by Gasteiger charge is 1.98. The van der Waals surface area contributed by atoms with Gasteiger partial charge in [-0.15, -0.1) is 0 Å².